The zero-order valence-electron chi connectivity index (χ0n) is 16.4. The van der Waals surface area contributed by atoms with Gasteiger partial charge in [-0.1, -0.05) is 54.7 Å². The van der Waals surface area contributed by atoms with Crippen LogP contribution in [0.4, 0.5) is 5.69 Å². The van der Waals surface area contributed by atoms with Crippen molar-refractivity contribution in [2.24, 2.45) is 0 Å². The Balaban J connectivity index is 1.78. The lowest BCUT2D eigenvalue weighted by Gasteiger charge is -2.37. The molecule has 0 aliphatic heterocycles. The predicted octanol–water partition coefficient (Wildman–Crippen LogP) is 4.86. The van der Waals surface area contributed by atoms with Crippen molar-refractivity contribution in [2.45, 2.75) is 58.4 Å². The summed E-state index contributed by atoms with van der Waals surface area (Å²) in [6, 6.07) is 15.0. The monoisotopic (exact) mass is 361 g/mol. The molecule has 0 saturated heterocycles. The largest absolute Gasteiger partial charge is 0.373 e. The van der Waals surface area contributed by atoms with Gasteiger partial charge >= 0.3 is 0 Å². The number of hydrogen-bond donors (Lipinski definition) is 1. The lowest BCUT2D eigenvalue weighted by atomic mass is 9.80. The Morgan fingerprint density at radius 1 is 0.889 bits per heavy atom. The van der Waals surface area contributed by atoms with E-state index in [1.54, 1.807) is 0 Å². The van der Waals surface area contributed by atoms with Crippen molar-refractivity contribution in [3.8, 4) is 5.69 Å². The smallest absolute Gasteiger partial charge is 0.181 e. The Labute approximate surface area is 160 Å². The highest BCUT2D eigenvalue weighted by molar-refractivity contribution is 5.49. The van der Waals surface area contributed by atoms with Gasteiger partial charge in [-0.15, -0.1) is 5.10 Å². The number of hydrogen-bond acceptors (Lipinski definition) is 4. The normalized spacial score (nSPS) is 16.3. The highest BCUT2D eigenvalue weighted by Crippen LogP contribution is 2.39. The van der Waals surface area contributed by atoms with Crippen LogP contribution in [0.5, 0.6) is 0 Å². The van der Waals surface area contributed by atoms with Gasteiger partial charge in [0, 0.05) is 5.69 Å². The van der Waals surface area contributed by atoms with E-state index < -0.39 is 0 Å². The fraction of sp³-hybridized carbons (Fsp3) is 0.409. The van der Waals surface area contributed by atoms with Crippen LogP contribution in [-0.4, -0.2) is 20.2 Å². The average molecular weight is 361 g/mol. The first-order chi connectivity index (χ1) is 13.1. The van der Waals surface area contributed by atoms with Crippen LogP contribution >= 0.6 is 0 Å². The Bertz CT molecular complexity index is 920. The van der Waals surface area contributed by atoms with Gasteiger partial charge in [0.25, 0.3) is 0 Å². The van der Waals surface area contributed by atoms with Crippen LogP contribution in [0.3, 0.4) is 0 Å². The molecule has 0 spiro atoms. The second kappa shape index (κ2) is 7.14. The number of tetrazole rings is 1. The van der Waals surface area contributed by atoms with E-state index in [-0.39, 0.29) is 5.54 Å². The summed E-state index contributed by atoms with van der Waals surface area (Å²) in [4.78, 5) is 0. The summed E-state index contributed by atoms with van der Waals surface area (Å²) in [7, 11) is 0. The molecule has 1 N–H and O–H groups in total. The summed E-state index contributed by atoms with van der Waals surface area (Å²) in [5.74, 6) is 0.912. The Kier molecular flexibility index (Phi) is 4.68. The van der Waals surface area contributed by atoms with E-state index in [0.717, 1.165) is 30.0 Å². The van der Waals surface area contributed by atoms with E-state index in [4.69, 9.17) is 0 Å². The minimum atomic E-state index is -0.242. The van der Waals surface area contributed by atoms with Crippen LogP contribution in [-0.2, 0) is 5.54 Å². The van der Waals surface area contributed by atoms with Gasteiger partial charge in [-0.3, -0.25) is 0 Å². The molecule has 0 bridgehead atoms. The number of rotatable bonds is 4. The first-order valence-corrected chi connectivity index (χ1v) is 9.79. The zero-order chi connectivity index (χ0) is 18.9. The standard InChI is InChI=1S/C22H27N5/c1-16-7-10-19(11-8-16)23-22(13-5-4-6-14-22)21-24-25-26-27(21)20-12-9-17(2)15-18(20)3/h7-12,15,23H,4-6,13-14H2,1-3H3. The summed E-state index contributed by atoms with van der Waals surface area (Å²) in [5.41, 5.74) is 5.63. The van der Waals surface area contributed by atoms with E-state index in [0.29, 0.717) is 0 Å². The summed E-state index contributed by atoms with van der Waals surface area (Å²) in [6.45, 7) is 6.34. The van der Waals surface area contributed by atoms with Gasteiger partial charge in [-0.25, -0.2) is 0 Å². The van der Waals surface area contributed by atoms with Crippen molar-refractivity contribution in [2.75, 3.05) is 5.32 Å². The molecule has 0 atom stereocenters. The number of anilines is 1. The number of nitrogens with zero attached hydrogens (tertiary/aromatic N) is 4. The SMILES string of the molecule is Cc1ccc(NC2(c3nnnn3-c3ccc(C)cc3C)CCCCC2)cc1. The molecule has 1 heterocycles. The third kappa shape index (κ3) is 3.46. The molecule has 0 amide bonds. The lowest BCUT2D eigenvalue weighted by molar-refractivity contribution is 0.309. The molecular formula is C22H27N5. The summed E-state index contributed by atoms with van der Waals surface area (Å²) < 4.78 is 1.93. The molecule has 0 radical (unpaired) electrons. The second-order valence-electron chi connectivity index (χ2n) is 7.84. The van der Waals surface area contributed by atoms with E-state index in [9.17, 15) is 0 Å². The molecule has 1 aliphatic carbocycles. The van der Waals surface area contributed by atoms with Crippen LogP contribution in [0, 0.1) is 20.8 Å². The van der Waals surface area contributed by atoms with Gasteiger partial charge < -0.3 is 5.32 Å². The molecule has 0 unspecified atom stereocenters. The molecule has 4 rings (SSSR count). The van der Waals surface area contributed by atoms with E-state index >= 15 is 0 Å². The molecule has 3 aromatic rings. The zero-order valence-corrected chi connectivity index (χ0v) is 16.4. The summed E-state index contributed by atoms with van der Waals surface area (Å²) in [6.07, 6.45) is 5.69. The lowest BCUT2D eigenvalue weighted by Crippen LogP contribution is -2.40. The van der Waals surface area contributed by atoms with Crippen molar-refractivity contribution in [3.63, 3.8) is 0 Å². The molecule has 1 aromatic heterocycles. The summed E-state index contributed by atoms with van der Waals surface area (Å²) >= 11 is 0. The van der Waals surface area contributed by atoms with Gasteiger partial charge in [0.2, 0.25) is 0 Å². The fourth-order valence-electron chi connectivity index (χ4n) is 4.16. The van der Waals surface area contributed by atoms with E-state index in [2.05, 4.69) is 84.1 Å². The van der Waals surface area contributed by atoms with Gasteiger partial charge in [0.1, 0.15) is 0 Å². The van der Waals surface area contributed by atoms with Crippen molar-refractivity contribution < 1.29 is 0 Å². The molecule has 1 aliphatic rings. The Hall–Kier alpha value is -2.69. The van der Waals surface area contributed by atoms with Crippen molar-refractivity contribution in [1.29, 1.82) is 0 Å². The number of aromatic nitrogens is 4. The first-order valence-electron chi connectivity index (χ1n) is 9.79. The first kappa shape index (κ1) is 17.7. The highest BCUT2D eigenvalue weighted by Gasteiger charge is 2.39. The third-order valence-electron chi connectivity index (χ3n) is 5.62. The molecule has 27 heavy (non-hydrogen) atoms. The highest BCUT2D eigenvalue weighted by atomic mass is 15.6. The van der Waals surface area contributed by atoms with Crippen LogP contribution in [0.15, 0.2) is 42.5 Å². The molecule has 5 heteroatoms. The number of benzene rings is 2. The number of aryl methyl sites for hydroxylation is 3. The van der Waals surface area contributed by atoms with E-state index in [1.807, 2.05) is 4.68 Å². The number of nitrogens with one attached hydrogen (secondary N) is 1. The van der Waals surface area contributed by atoms with Gasteiger partial charge in [0.05, 0.1) is 11.2 Å². The third-order valence-corrected chi connectivity index (χ3v) is 5.62. The van der Waals surface area contributed by atoms with Crippen LogP contribution in [0.2, 0.25) is 0 Å². The van der Waals surface area contributed by atoms with Crippen LogP contribution in [0.1, 0.15) is 54.6 Å². The quantitative estimate of drug-likeness (QED) is 0.721. The minimum Gasteiger partial charge on any atom is -0.373 e. The maximum atomic E-state index is 4.51. The van der Waals surface area contributed by atoms with Crippen LogP contribution < -0.4 is 5.32 Å². The van der Waals surface area contributed by atoms with Gasteiger partial charge in [-0.05, 0) is 67.8 Å². The van der Waals surface area contributed by atoms with Gasteiger partial charge in [-0.2, -0.15) is 4.68 Å². The minimum absolute atomic E-state index is 0.242. The van der Waals surface area contributed by atoms with Gasteiger partial charge in [0.15, 0.2) is 5.82 Å². The van der Waals surface area contributed by atoms with Crippen molar-refractivity contribution in [1.82, 2.24) is 20.2 Å². The predicted molar refractivity (Wildman–Crippen MR) is 108 cm³/mol. The molecular weight excluding hydrogens is 334 g/mol. The van der Waals surface area contributed by atoms with Crippen molar-refractivity contribution in [3.05, 3.63) is 65.0 Å². The molecule has 1 saturated carbocycles. The molecule has 1 fully saturated rings. The topological polar surface area (TPSA) is 55.6 Å². The second-order valence-corrected chi connectivity index (χ2v) is 7.84. The Morgan fingerprint density at radius 3 is 2.30 bits per heavy atom. The van der Waals surface area contributed by atoms with Crippen LogP contribution in [0.25, 0.3) is 5.69 Å². The fourth-order valence-corrected chi connectivity index (χ4v) is 4.16. The molecule has 2 aromatic carbocycles. The maximum absolute atomic E-state index is 4.51. The molecule has 5 nitrogen and oxygen atoms in total. The Morgan fingerprint density at radius 2 is 1.59 bits per heavy atom. The van der Waals surface area contributed by atoms with Crippen molar-refractivity contribution >= 4 is 5.69 Å². The molecule has 140 valence electrons. The van der Waals surface area contributed by atoms with E-state index in [1.165, 1.54) is 36.0 Å². The summed E-state index contributed by atoms with van der Waals surface area (Å²) in [5, 5.41) is 16.7. The average Bonchev–Trinajstić information content (AvgIpc) is 3.15. The maximum Gasteiger partial charge on any atom is 0.181 e.